The van der Waals surface area contributed by atoms with Crippen LogP contribution in [0.5, 0.6) is 11.5 Å². The van der Waals surface area contributed by atoms with E-state index in [0.29, 0.717) is 22.9 Å². The van der Waals surface area contributed by atoms with Crippen LogP contribution in [0.4, 0.5) is 0 Å². The first-order valence-electron chi connectivity index (χ1n) is 5.52. The normalized spacial score (nSPS) is 12.5. The van der Waals surface area contributed by atoms with Crippen LogP contribution in [0.3, 0.4) is 0 Å². The predicted molar refractivity (Wildman–Crippen MR) is 67.7 cm³/mol. The molecule has 0 heterocycles. The molecule has 0 aliphatic rings. The van der Waals surface area contributed by atoms with Gasteiger partial charge in [-0.1, -0.05) is 18.5 Å². The average Bonchev–Trinajstić information content (AvgIpc) is 2.34. The van der Waals surface area contributed by atoms with E-state index in [1.165, 1.54) is 7.11 Å². The molecule has 0 aliphatic carbocycles. The lowest BCUT2D eigenvalue weighted by Crippen LogP contribution is -2.31. The fraction of sp³-hybridized carbons (Fsp3) is 0.500. The molecule has 3 N–H and O–H groups in total. The molecule has 4 nitrogen and oxygen atoms in total. The quantitative estimate of drug-likeness (QED) is 0.730. The first-order chi connectivity index (χ1) is 8.12. The van der Waals surface area contributed by atoms with Crippen molar-refractivity contribution < 1.29 is 14.9 Å². The maximum atomic E-state index is 9.89. The molecule has 0 spiro atoms. The molecule has 0 bridgehead atoms. The van der Waals surface area contributed by atoms with Crippen LogP contribution in [0.25, 0.3) is 0 Å². The van der Waals surface area contributed by atoms with Gasteiger partial charge in [-0.05, 0) is 12.5 Å². The van der Waals surface area contributed by atoms with Crippen LogP contribution in [-0.2, 0) is 6.54 Å². The fourth-order valence-electron chi connectivity index (χ4n) is 1.51. The second-order valence-electron chi connectivity index (χ2n) is 3.78. The molecule has 0 saturated carbocycles. The smallest absolute Gasteiger partial charge is 0.162 e. The lowest BCUT2D eigenvalue weighted by atomic mass is 10.1. The zero-order chi connectivity index (χ0) is 12.8. The minimum absolute atomic E-state index is 0.0133. The minimum atomic E-state index is 0.0133. The molecular formula is C12H18ClNO3. The van der Waals surface area contributed by atoms with E-state index >= 15 is 0 Å². The number of phenolic OH excluding ortho intramolecular Hbond substituents is 1. The number of methoxy groups -OCH3 is 1. The van der Waals surface area contributed by atoms with Gasteiger partial charge in [0.15, 0.2) is 11.5 Å². The van der Waals surface area contributed by atoms with Gasteiger partial charge in [-0.2, -0.15) is 0 Å². The fourth-order valence-corrected chi connectivity index (χ4v) is 1.74. The molecule has 17 heavy (non-hydrogen) atoms. The summed E-state index contributed by atoms with van der Waals surface area (Å²) in [6.45, 7) is 2.48. The SMILES string of the molecule is CC[C@H](CO)NCc1cc(Cl)cc(OC)c1O. The van der Waals surface area contributed by atoms with Gasteiger partial charge in [-0.15, -0.1) is 0 Å². The zero-order valence-electron chi connectivity index (χ0n) is 10.0. The monoisotopic (exact) mass is 259 g/mol. The Morgan fingerprint density at radius 1 is 1.47 bits per heavy atom. The summed E-state index contributed by atoms with van der Waals surface area (Å²) in [5.41, 5.74) is 0.654. The van der Waals surface area contributed by atoms with Crippen molar-refractivity contribution in [3.63, 3.8) is 0 Å². The minimum Gasteiger partial charge on any atom is -0.504 e. The summed E-state index contributed by atoms with van der Waals surface area (Å²) < 4.78 is 5.01. The standard InChI is InChI=1S/C12H18ClNO3/c1-3-10(7-15)14-6-8-4-9(13)5-11(17-2)12(8)16/h4-5,10,14-16H,3,6-7H2,1-2H3/t10-/m1/s1. The highest BCUT2D eigenvalue weighted by Gasteiger charge is 2.11. The van der Waals surface area contributed by atoms with E-state index in [1.54, 1.807) is 12.1 Å². The third-order valence-corrected chi connectivity index (χ3v) is 2.85. The van der Waals surface area contributed by atoms with Gasteiger partial charge < -0.3 is 20.3 Å². The molecule has 1 rings (SSSR count). The summed E-state index contributed by atoms with van der Waals surface area (Å²) >= 11 is 5.92. The van der Waals surface area contributed by atoms with Gasteiger partial charge in [0.2, 0.25) is 0 Å². The molecule has 0 aliphatic heterocycles. The Labute approximate surface area is 106 Å². The first-order valence-corrected chi connectivity index (χ1v) is 5.89. The van der Waals surface area contributed by atoms with Crippen LogP contribution in [0, 0.1) is 0 Å². The van der Waals surface area contributed by atoms with E-state index in [-0.39, 0.29) is 18.4 Å². The van der Waals surface area contributed by atoms with Crippen molar-refractivity contribution in [3.05, 3.63) is 22.7 Å². The lowest BCUT2D eigenvalue weighted by Gasteiger charge is -2.15. The summed E-state index contributed by atoms with van der Waals surface area (Å²) in [6, 6.07) is 3.25. The highest BCUT2D eigenvalue weighted by molar-refractivity contribution is 6.30. The van der Waals surface area contributed by atoms with Crippen molar-refractivity contribution in [3.8, 4) is 11.5 Å². The molecule has 0 amide bonds. The number of aliphatic hydroxyl groups is 1. The number of benzene rings is 1. The molecule has 0 radical (unpaired) electrons. The number of nitrogens with one attached hydrogen (secondary N) is 1. The van der Waals surface area contributed by atoms with Gasteiger partial charge in [0.05, 0.1) is 13.7 Å². The third-order valence-electron chi connectivity index (χ3n) is 2.63. The Morgan fingerprint density at radius 3 is 2.71 bits per heavy atom. The third kappa shape index (κ3) is 3.77. The van der Waals surface area contributed by atoms with E-state index < -0.39 is 0 Å². The van der Waals surface area contributed by atoms with Gasteiger partial charge in [-0.3, -0.25) is 0 Å². The van der Waals surface area contributed by atoms with Gasteiger partial charge in [0.25, 0.3) is 0 Å². The van der Waals surface area contributed by atoms with Gasteiger partial charge in [0, 0.05) is 29.2 Å². The number of halogens is 1. The number of ether oxygens (including phenoxy) is 1. The van der Waals surface area contributed by atoms with E-state index in [0.717, 1.165) is 6.42 Å². The molecule has 1 aromatic rings. The Hall–Kier alpha value is -0.970. The topological polar surface area (TPSA) is 61.7 Å². The van der Waals surface area contributed by atoms with Crippen molar-refractivity contribution in [2.45, 2.75) is 25.9 Å². The summed E-state index contributed by atoms with van der Waals surface area (Å²) in [5, 5.41) is 22.6. The molecule has 1 aromatic carbocycles. The largest absolute Gasteiger partial charge is 0.504 e. The van der Waals surface area contributed by atoms with Crippen molar-refractivity contribution in [1.82, 2.24) is 5.32 Å². The number of aromatic hydroxyl groups is 1. The number of hydrogen-bond acceptors (Lipinski definition) is 4. The van der Waals surface area contributed by atoms with Gasteiger partial charge in [-0.25, -0.2) is 0 Å². The van der Waals surface area contributed by atoms with Crippen molar-refractivity contribution in [2.24, 2.45) is 0 Å². The maximum Gasteiger partial charge on any atom is 0.162 e. The summed E-state index contributed by atoms with van der Waals surface area (Å²) in [4.78, 5) is 0. The number of hydrogen-bond donors (Lipinski definition) is 3. The molecular weight excluding hydrogens is 242 g/mol. The number of rotatable bonds is 6. The van der Waals surface area contributed by atoms with Gasteiger partial charge >= 0.3 is 0 Å². The summed E-state index contributed by atoms with van der Waals surface area (Å²) in [6.07, 6.45) is 0.814. The number of aliphatic hydroxyl groups excluding tert-OH is 1. The Morgan fingerprint density at radius 2 is 2.18 bits per heavy atom. The Balaban J connectivity index is 2.80. The molecule has 1 atom stereocenters. The van der Waals surface area contributed by atoms with Crippen molar-refractivity contribution >= 4 is 11.6 Å². The highest BCUT2D eigenvalue weighted by atomic mass is 35.5. The number of phenols is 1. The van der Waals surface area contributed by atoms with E-state index in [9.17, 15) is 5.11 Å². The average molecular weight is 260 g/mol. The van der Waals surface area contributed by atoms with Crippen molar-refractivity contribution in [2.75, 3.05) is 13.7 Å². The Kier molecular flexibility index (Phi) is 5.55. The zero-order valence-corrected chi connectivity index (χ0v) is 10.8. The Bertz CT molecular complexity index is 367. The molecule has 5 heteroatoms. The summed E-state index contributed by atoms with van der Waals surface area (Å²) in [5.74, 6) is 0.434. The first kappa shape index (κ1) is 14.1. The van der Waals surface area contributed by atoms with Crippen molar-refractivity contribution in [1.29, 1.82) is 0 Å². The second-order valence-corrected chi connectivity index (χ2v) is 4.22. The highest BCUT2D eigenvalue weighted by Crippen LogP contribution is 2.33. The lowest BCUT2D eigenvalue weighted by molar-refractivity contribution is 0.237. The molecule has 0 aromatic heterocycles. The van der Waals surface area contributed by atoms with E-state index in [2.05, 4.69) is 5.32 Å². The summed E-state index contributed by atoms with van der Waals surface area (Å²) in [7, 11) is 1.48. The van der Waals surface area contributed by atoms with Crippen LogP contribution < -0.4 is 10.1 Å². The predicted octanol–water partition coefficient (Wildman–Crippen LogP) is 1.91. The van der Waals surface area contributed by atoms with Crippen LogP contribution in [-0.4, -0.2) is 30.0 Å². The van der Waals surface area contributed by atoms with Crippen LogP contribution in [0.2, 0.25) is 5.02 Å². The van der Waals surface area contributed by atoms with E-state index in [1.807, 2.05) is 6.92 Å². The van der Waals surface area contributed by atoms with Crippen LogP contribution in [0.15, 0.2) is 12.1 Å². The molecule has 0 saturated heterocycles. The maximum absolute atomic E-state index is 9.89. The molecule has 96 valence electrons. The van der Waals surface area contributed by atoms with Crippen LogP contribution >= 0.6 is 11.6 Å². The van der Waals surface area contributed by atoms with Gasteiger partial charge in [0.1, 0.15) is 0 Å². The second kappa shape index (κ2) is 6.69. The van der Waals surface area contributed by atoms with Crippen LogP contribution in [0.1, 0.15) is 18.9 Å². The molecule has 0 unspecified atom stereocenters. The van der Waals surface area contributed by atoms with E-state index in [4.69, 9.17) is 21.4 Å². The molecule has 0 fully saturated rings.